The molecule has 22 heavy (non-hydrogen) atoms. The first-order valence-electron chi connectivity index (χ1n) is 7.97. The molecule has 0 bridgehead atoms. The molecule has 1 aliphatic carbocycles. The molecule has 1 amide bonds. The van der Waals surface area contributed by atoms with E-state index in [0.29, 0.717) is 17.1 Å². The Labute approximate surface area is 131 Å². The summed E-state index contributed by atoms with van der Waals surface area (Å²) in [5, 5.41) is 12.0. The molecule has 0 atom stereocenters. The minimum atomic E-state index is -0.0817. The van der Waals surface area contributed by atoms with Crippen molar-refractivity contribution in [3.05, 3.63) is 23.8 Å². The molecule has 1 aromatic carbocycles. The molecule has 0 aliphatic heterocycles. The standard InChI is InChI=1S/C17H25NO4/c1-21-15-9-8-13(12-16(15)22-11-10-19)17(20)18-14-6-4-2-3-5-7-14/h8-9,12,14,19H,2-7,10-11H2,1H3,(H,18,20). The van der Waals surface area contributed by atoms with Gasteiger partial charge in [-0.05, 0) is 31.0 Å². The molecule has 0 heterocycles. The monoisotopic (exact) mass is 307 g/mol. The molecule has 1 aromatic rings. The minimum Gasteiger partial charge on any atom is -0.493 e. The molecule has 0 spiro atoms. The highest BCUT2D eigenvalue weighted by atomic mass is 16.5. The van der Waals surface area contributed by atoms with Gasteiger partial charge in [-0.25, -0.2) is 0 Å². The molecule has 1 aliphatic rings. The third-order valence-electron chi connectivity index (χ3n) is 3.97. The molecule has 122 valence electrons. The highest BCUT2D eigenvalue weighted by Crippen LogP contribution is 2.28. The van der Waals surface area contributed by atoms with Gasteiger partial charge in [0.1, 0.15) is 6.61 Å². The SMILES string of the molecule is COc1ccc(C(=O)NC2CCCCCC2)cc1OCCO. The van der Waals surface area contributed by atoms with Crippen LogP contribution in [0.25, 0.3) is 0 Å². The van der Waals surface area contributed by atoms with Crippen LogP contribution < -0.4 is 14.8 Å². The van der Waals surface area contributed by atoms with E-state index in [-0.39, 0.29) is 25.2 Å². The van der Waals surface area contributed by atoms with Crippen LogP contribution in [-0.2, 0) is 0 Å². The molecule has 0 radical (unpaired) electrons. The number of methoxy groups -OCH3 is 1. The van der Waals surface area contributed by atoms with Crippen LogP contribution in [0.3, 0.4) is 0 Å². The topological polar surface area (TPSA) is 67.8 Å². The Kier molecular flexibility index (Phi) is 6.52. The van der Waals surface area contributed by atoms with Crippen LogP contribution in [0.4, 0.5) is 0 Å². The lowest BCUT2D eigenvalue weighted by Gasteiger charge is -2.17. The summed E-state index contributed by atoms with van der Waals surface area (Å²) in [6.07, 6.45) is 6.98. The number of ether oxygens (including phenoxy) is 2. The Morgan fingerprint density at radius 2 is 1.95 bits per heavy atom. The zero-order valence-electron chi connectivity index (χ0n) is 13.1. The molecule has 0 aromatic heterocycles. The van der Waals surface area contributed by atoms with E-state index in [1.807, 2.05) is 0 Å². The molecule has 5 heteroatoms. The van der Waals surface area contributed by atoms with Crippen LogP contribution in [0, 0.1) is 0 Å². The van der Waals surface area contributed by atoms with Gasteiger partial charge in [0.15, 0.2) is 11.5 Å². The van der Waals surface area contributed by atoms with Crippen molar-refractivity contribution >= 4 is 5.91 Å². The summed E-state index contributed by atoms with van der Waals surface area (Å²) in [4.78, 5) is 12.4. The Balaban J connectivity index is 2.04. The first-order chi connectivity index (χ1) is 10.7. The second-order valence-corrected chi connectivity index (χ2v) is 5.60. The third kappa shape index (κ3) is 4.63. The Bertz CT molecular complexity index is 482. The number of carbonyl (C=O) groups excluding carboxylic acids is 1. The van der Waals surface area contributed by atoms with Gasteiger partial charge >= 0.3 is 0 Å². The molecule has 5 nitrogen and oxygen atoms in total. The fraction of sp³-hybridized carbons (Fsp3) is 0.588. The third-order valence-corrected chi connectivity index (χ3v) is 3.97. The van der Waals surface area contributed by atoms with E-state index < -0.39 is 0 Å². The quantitative estimate of drug-likeness (QED) is 0.793. The van der Waals surface area contributed by atoms with Crippen LogP contribution >= 0.6 is 0 Å². The Hall–Kier alpha value is -1.75. The predicted molar refractivity (Wildman–Crippen MR) is 84.5 cm³/mol. The number of carbonyl (C=O) groups is 1. The molecular weight excluding hydrogens is 282 g/mol. The summed E-state index contributed by atoms with van der Waals surface area (Å²) < 4.78 is 10.6. The Morgan fingerprint density at radius 3 is 2.59 bits per heavy atom. The first-order valence-corrected chi connectivity index (χ1v) is 7.97. The lowest BCUT2D eigenvalue weighted by atomic mass is 10.1. The molecule has 0 unspecified atom stereocenters. The van der Waals surface area contributed by atoms with Gasteiger partial charge in [0.25, 0.3) is 5.91 Å². The van der Waals surface area contributed by atoms with Crippen LogP contribution in [0.5, 0.6) is 11.5 Å². The van der Waals surface area contributed by atoms with E-state index >= 15 is 0 Å². The normalized spacial score (nSPS) is 15.9. The number of hydrogen-bond donors (Lipinski definition) is 2. The highest BCUT2D eigenvalue weighted by molar-refractivity contribution is 5.95. The van der Waals surface area contributed by atoms with Crippen molar-refractivity contribution in [1.82, 2.24) is 5.32 Å². The summed E-state index contributed by atoms with van der Waals surface area (Å²) in [7, 11) is 1.55. The largest absolute Gasteiger partial charge is 0.493 e. The van der Waals surface area contributed by atoms with E-state index in [4.69, 9.17) is 14.6 Å². The predicted octanol–water partition coefficient (Wildman–Crippen LogP) is 2.52. The molecule has 0 saturated heterocycles. The summed E-state index contributed by atoms with van der Waals surface area (Å²) in [6, 6.07) is 5.38. The molecule has 2 N–H and O–H groups in total. The van der Waals surface area contributed by atoms with Crippen LogP contribution in [0.1, 0.15) is 48.9 Å². The molecule has 2 rings (SSSR count). The maximum absolute atomic E-state index is 12.4. The van der Waals surface area contributed by atoms with Crippen LogP contribution in [0.2, 0.25) is 0 Å². The second kappa shape index (κ2) is 8.63. The van der Waals surface area contributed by atoms with Crippen molar-refractivity contribution in [3.8, 4) is 11.5 Å². The first kappa shape index (κ1) is 16.6. The number of amides is 1. The van der Waals surface area contributed by atoms with Gasteiger partial charge in [-0.2, -0.15) is 0 Å². The smallest absolute Gasteiger partial charge is 0.251 e. The van der Waals surface area contributed by atoms with Crippen molar-refractivity contribution in [2.45, 2.75) is 44.6 Å². The maximum Gasteiger partial charge on any atom is 0.251 e. The van der Waals surface area contributed by atoms with Gasteiger partial charge < -0.3 is 19.9 Å². The van der Waals surface area contributed by atoms with E-state index in [9.17, 15) is 4.79 Å². The summed E-state index contributed by atoms with van der Waals surface area (Å²) >= 11 is 0. The minimum absolute atomic E-state index is 0.0802. The lowest BCUT2D eigenvalue weighted by Crippen LogP contribution is -2.34. The van der Waals surface area contributed by atoms with Crippen molar-refractivity contribution < 1.29 is 19.4 Å². The van der Waals surface area contributed by atoms with Gasteiger partial charge in [0.05, 0.1) is 13.7 Å². The van der Waals surface area contributed by atoms with Gasteiger partial charge in [-0.3, -0.25) is 4.79 Å². The fourth-order valence-electron chi connectivity index (χ4n) is 2.78. The molecule has 1 saturated carbocycles. The van der Waals surface area contributed by atoms with E-state index in [0.717, 1.165) is 12.8 Å². The fourth-order valence-corrected chi connectivity index (χ4v) is 2.78. The Morgan fingerprint density at radius 1 is 1.23 bits per heavy atom. The highest BCUT2D eigenvalue weighted by Gasteiger charge is 2.17. The summed E-state index contributed by atoms with van der Waals surface area (Å²) in [5.41, 5.74) is 0.554. The average Bonchev–Trinajstić information content (AvgIpc) is 2.81. The van der Waals surface area contributed by atoms with Crippen molar-refractivity contribution in [2.75, 3.05) is 20.3 Å². The second-order valence-electron chi connectivity index (χ2n) is 5.60. The number of hydrogen-bond acceptors (Lipinski definition) is 4. The lowest BCUT2D eigenvalue weighted by molar-refractivity contribution is 0.0932. The van der Waals surface area contributed by atoms with Gasteiger partial charge in [0, 0.05) is 11.6 Å². The van der Waals surface area contributed by atoms with E-state index in [1.54, 1.807) is 25.3 Å². The summed E-state index contributed by atoms with van der Waals surface area (Å²) in [5.74, 6) is 0.952. The van der Waals surface area contributed by atoms with E-state index in [1.165, 1.54) is 25.7 Å². The number of aliphatic hydroxyl groups is 1. The zero-order valence-corrected chi connectivity index (χ0v) is 13.1. The zero-order chi connectivity index (χ0) is 15.8. The van der Waals surface area contributed by atoms with Crippen molar-refractivity contribution in [1.29, 1.82) is 0 Å². The molecule has 1 fully saturated rings. The molecular formula is C17H25NO4. The van der Waals surface area contributed by atoms with Crippen LogP contribution in [0.15, 0.2) is 18.2 Å². The van der Waals surface area contributed by atoms with Crippen LogP contribution in [-0.4, -0.2) is 37.4 Å². The van der Waals surface area contributed by atoms with Crippen molar-refractivity contribution in [3.63, 3.8) is 0 Å². The maximum atomic E-state index is 12.4. The van der Waals surface area contributed by atoms with Gasteiger partial charge in [0.2, 0.25) is 0 Å². The number of rotatable bonds is 6. The number of benzene rings is 1. The average molecular weight is 307 g/mol. The summed E-state index contributed by atoms with van der Waals surface area (Å²) in [6.45, 7) is 0.0890. The van der Waals surface area contributed by atoms with Gasteiger partial charge in [-0.15, -0.1) is 0 Å². The number of nitrogens with one attached hydrogen (secondary N) is 1. The van der Waals surface area contributed by atoms with Gasteiger partial charge in [-0.1, -0.05) is 25.7 Å². The number of aliphatic hydroxyl groups excluding tert-OH is 1. The van der Waals surface area contributed by atoms with Crippen molar-refractivity contribution in [2.24, 2.45) is 0 Å². The van der Waals surface area contributed by atoms with E-state index in [2.05, 4.69) is 5.32 Å².